The molecule has 37 heavy (non-hydrogen) atoms. The molecule has 0 aromatic heterocycles. The molecule has 0 spiro atoms. The topological polar surface area (TPSA) is 149 Å². The molecule has 1 amide bonds. The van der Waals surface area contributed by atoms with Crippen LogP contribution in [0.25, 0.3) is 0 Å². The average molecular weight is 528 g/mol. The van der Waals surface area contributed by atoms with Gasteiger partial charge in [-0.15, -0.1) is 0 Å². The zero-order chi connectivity index (χ0) is 27.5. The summed E-state index contributed by atoms with van der Waals surface area (Å²) in [7, 11) is 0. The number of rotatable bonds is 19. The van der Waals surface area contributed by atoms with Crippen molar-refractivity contribution in [3.63, 3.8) is 0 Å². The summed E-state index contributed by atoms with van der Waals surface area (Å²) in [5, 5.41) is 52.9. The quantitative estimate of drug-likeness (QED) is 0.111. The third-order valence-corrected chi connectivity index (χ3v) is 6.20. The lowest BCUT2D eigenvalue weighted by Gasteiger charge is -2.40. The summed E-state index contributed by atoms with van der Waals surface area (Å²) in [5.74, 6) is -0.233. The van der Waals surface area contributed by atoms with Crippen LogP contribution in [0.4, 0.5) is 0 Å². The highest BCUT2D eigenvalue weighted by atomic mass is 16.7. The molecule has 0 bridgehead atoms. The summed E-state index contributed by atoms with van der Waals surface area (Å²) in [6.07, 6.45) is 13.1. The first-order chi connectivity index (χ1) is 17.8. The van der Waals surface area contributed by atoms with E-state index in [1.165, 1.54) is 12.8 Å². The number of ether oxygens (including phenoxy) is 2. The maximum Gasteiger partial charge on any atom is 0.220 e. The Kier molecular flexibility index (Phi) is 18.4. The predicted octanol–water partition coefficient (Wildman–Crippen LogP) is 2.26. The number of carbonyl (C=O) groups excluding carboxylic acids is 1. The minimum Gasteiger partial charge on any atom is -0.394 e. The molecule has 1 aliphatic rings. The number of amides is 1. The Labute approximate surface area is 221 Å². The zero-order valence-electron chi connectivity index (χ0n) is 22.5. The second-order valence-electron chi connectivity index (χ2n) is 9.47. The maximum absolute atomic E-state index is 12.3. The minimum absolute atomic E-state index is 0.211. The summed E-state index contributed by atoms with van der Waals surface area (Å²) >= 11 is 0. The van der Waals surface area contributed by atoms with Crippen LogP contribution in [0.15, 0.2) is 36.5 Å². The fraction of sp³-hybridized carbons (Fsp3) is 0.750. The van der Waals surface area contributed by atoms with E-state index < -0.39 is 49.5 Å². The molecule has 1 rings (SSSR count). The van der Waals surface area contributed by atoms with E-state index >= 15 is 0 Å². The molecule has 0 aliphatic carbocycles. The van der Waals surface area contributed by atoms with E-state index in [1.54, 1.807) is 6.08 Å². The number of allylic oxidation sites excluding steroid dienone is 5. The number of aliphatic hydroxyl groups excluding tert-OH is 5. The molecule has 9 nitrogen and oxygen atoms in total. The van der Waals surface area contributed by atoms with Crippen LogP contribution in [0.2, 0.25) is 0 Å². The molecule has 9 heteroatoms. The third-order valence-electron chi connectivity index (χ3n) is 6.20. The van der Waals surface area contributed by atoms with E-state index in [0.29, 0.717) is 12.8 Å². The highest BCUT2D eigenvalue weighted by Gasteiger charge is 2.44. The molecular weight excluding hydrogens is 478 g/mol. The summed E-state index contributed by atoms with van der Waals surface area (Å²) in [6.45, 7) is 3.38. The Balaban J connectivity index is 2.57. The summed E-state index contributed by atoms with van der Waals surface area (Å²) in [4.78, 5) is 12.3. The third kappa shape index (κ3) is 13.7. The van der Waals surface area contributed by atoms with E-state index in [0.717, 1.165) is 38.5 Å². The first-order valence-electron chi connectivity index (χ1n) is 13.7. The Morgan fingerprint density at radius 1 is 0.892 bits per heavy atom. The maximum atomic E-state index is 12.3. The Morgan fingerprint density at radius 2 is 1.49 bits per heavy atom. The summed E-state index contributed by atoms with van der Waals surface area (Å²) in [6, 6.07) is -0.817. The van der Waals surface area contributed by atoms with E-state index in [4.69, 9.17) is 9.47 Å². The van der Waals surface area contributed by atoms with Gasteiger partial charge >= 0.3 is 0 Å². The molecule has 7 atom stereocenters. The number of nitrogens with one attached hydrogen (secondary N) is 1. The van der Waals surface area contributed by atoms with Crippen molar-refractivity contribution in [1.82, 2.24) is 5.32 Å². The van der Waals surface area contributed by atoms with Crippen LogP contribution in [-0.4, -0.2) is 87.5 Å². The van der Waals surface area contributed by atoms with E-state index in [9.17, 15) is 30.3 Å². The van der Waals surface area contributed by atoms with Gasteiger partial charge in [0.25, 0.3) is 0 Å². The molecule has 214 valence electrons. The fourth-order valence-electron chi connectivity index (χ4n) is 3.79. The fourth-order valence-corrected chi connectivity index (χ4v) is 3.79. The van der Waals surface area contributed by atoms with Gasteiger partial charge in [0.05, 0.1) is 25.4 Å². The van der Waals surface area contributed by atoms with Crippen molar-refractivity contribution >= 4 is 5.91 Å². The largest absolute Gasteiger partial charge is 0.394 e. The van der Waals surface area contributed by atoms with Gasteiger partial charge in [0.15, 0.2) is 6.29 Å². The summed E-state index contributed by atoms with van der Waals surface area (Å²) < 4.78 is 10.9. The van der Waals surface area contributed by atoms with Crippen LogP contribution < -0.4 is 5.32 Å². The Morgan fingerprint density at radius 3 is 2.08 bits per heavy atom. The monoisotopic (exact) mass is 527 g/mol. The molecule has 1 saturated heterocycles. The summed E-state index contributed by atoms with van der Waals surface area (Å²) in [5.41, 5.74) is 0. The van der Waals surface area contributed by atoms with Crippen LogP contribution in [0, 0.1) is 0 Å². The second-order valence-corrected chi connectivity index (χ2v) is 9.47. The van der Waals surface area contributed by atoms with Crippen molar-refractivity contribution in [2.45, 2.75) is 121 Å². The molecule has 1 fully saturated rings. The number of aliphatic hydroxyl groups is 5. The van der Waals surface area contributed by atoms with Crippen molar-refractivity contribution < 1.29 is 39.8 Å². The predicted molar refractivity (Wildman–Crippen MR) is 143 cm³/mol. The lowest BCUT2D eigenvalue weighted by atomic mass is 9.99. The Hall–Kier alpha value is -1.59. The van der Waals surface area contributed by atoms with Gasteiger partial charge in [-0.3, -0.25) is 4.79 Å². The number of hydrogen-bond acceptors (Lipinski definition) is 8. The lowest BCUT2D eigenvalue weighted by molar-refractivity contribution is -0.302. The van der Waals surface area contributed by atoms with Gasteiger partial charge in [-0.05, 0) is 38.5 Å². The SMILES string of the molecule is CCCC/C=C/CC/C=C/CC/C=C/C(O)C(COC1OC(CO)C(O)C(O)C1O)NC(=O)CCCC. The van der Waals surface area contributed by atoms with Crippen LogP contribution in [0.3, 0.4) is 0 Å². The van der Waals surface area contributed by atoms with E-state index in [1.807, 2.05) is 13.0 Å². The van der Waals surface area contributed by atoms with Crippen LogP contribution in [0.1, 0.15) is 78.1 Å². The number of unbranched alkanes of at least 4 members (excludes halogenated alkanes) is 5. The van der Waals surface area contributed by atoms with Crippen LogP contribution in [-0.2, 0) is 14.3 Å². The van der Waals surface area contributed by atoms with Gasteiger partial charge in [-0.2, -0.15) is 0 Å². The Bertz CT molecular complexity index is 681. The average Bonchev–Trinajstić information content (AvgIpc) is 2.89. The minimum atomic E-state index is -1.57. The van der Waals surface area contributed by atoms with Crippen molar-refractivity contribution in [1.29, 1.82) is 0 Å². The van der Waals surface area contributed by atoms with Crippen molar-refractivity contribution in [2.24, 2.45) is 0 Å². The van der Waals surface area contributed by atoms with Gasteiger partial charge in [-0.25, -0.2) is 0 Å². The standard InChI is InChI=1S/C28H49NO8/c1-3-5-7-8-9-10-11-12-13-14-15-16-17-22(31)21(29-24(32)18-6-4-2)20-36-28-27(35)26(34)25(33)23(19-30)37-28/h8-9,12-13,16-17,21-23,25-28,30-31,33-35H,3-7,10-11,14-15,18-20H2,1-2H3,(H,29,32)/b9-8+,13-12+,17-16+. The van der Waals surface area contributed by atoms with E-state index in [2.05, 4.69) is 36.5 Å². The molecule has 0 saturated carbocycles. The van der Waals surface area contributed by atoms with Gasteiger partial charge in [0.1, 0.15) is 24.4 Å². The molecule has 0 radical (unpaired) electrons. The normalized spacial score (nSPS) is 26.3. The molecule has 6 N–H and O–H groups in total. The highest BCUT2D eigenvalue weighted by Crippen LogP contribution is 2.22. The van der Waals surface area contributed by atoms with Crippen LogP contribution in [0.5, 0.6) is 0 Å². The zero-order valence-corrected chi connectivity index (χ0v) is 22.5. The van der Waals surface area contributed by atoms with Crippen LogP contribution >= 0.6 is 0 Å². The molecule has 0 aromatic rings. The second kappa shape index (κ2) is 20.4. The first kappa shape index (κ1) is 33.4. The number of carbonyl (C=O) groups is 1. The van der Waals surface area contributed by atoms with Gasteiger partial charge in [0, 0.05) is 6.42 Å². The lowest BCUT2D eigenvalue weighted by Crippen LogP contribution is -2.60. The highest BCUT2D eigenvalue weighted by molar-refractivity contribution is 5.76. The number of hydrogen-bond donors (Lipinski definition) is 6. The van der Waals surface area contributed by atoms with Crippen molar-refractivity contribution in [2.75, 3.05) is 13.2 Å². The van der Waals surface area contributed by atoms with Crippen molar-refractivity contribution in [3.8, 4) is 0 Å². The molecule has 0 aromatic carbocycles. The smallest absolute Gasteiger partial charge is 0.220 e. The van der Waals surface area contributed by atoms with Gasteiger partial charge < -0.3 is 40.3 Å². The van der Waals surface area contributed by atoms with Crippen molar-refractivity contribution in [3.05, 3.63) is 36.5 Å². The van der Waals surface area contributed by atoms with Gasteiger partial charge in [0.2, 0.25) is 5.91 Å². The molecule has 7 unspecified atom stereocenters. The molecule has 1 aliphatic heterocycles. The molecule has 1 heterocycles. The van der Waals surface area contributed by atoms with Gasteiger partial charge in [-0.1, -0.05) is 69.6 Å². The van der Waals surface area contributed by atoms with E-state index in [-0.39, 0.29) is 12.5 Å². The first-order valence-corrected chi connectivity index (χ1v) is 13.7. The molecular formula is C28H49NO8.